The summed E-state index contributed by atoms with van der Waals surface area (Å²) in [6, 6.07) is -0.429. The molecule has 4 nitrogen and oxygen atoms in total. The minimum Gasteiger partial charge on any atom is -0.453 e. The van der Waals surface area contributed by atoms with Gasteiger partial charge in [0.05, 0.1) is 18.5 Å². The molecule has 82 valence electrons. The van der Waals surface area contributed by atoms with E-state index in [1.54, 1.807) is 0 Å². The fourth-order valence-corrected chi connectivity index (χ4v) is 1.41. The molecule has 1 N–H and O–H groups in total. The van der Waals surface area contributed by atoms with Crippen LogP contribution in [0.15, 0.2) is 0 Å². The van der Waals surface area contributed by atoms with Gasteiger partial charge in [0.2, 0.25) is 0 Å². The fraction of sp³-hybridized carbons (Fsp3) is 0.778. The Hall–Kier alpha value is -0.580. The lowest BCUT2D eigenvalue weighted by Crippen LogP contribution is -2.41. The van der Waals surface area contributed by atoms with E-state index >= 15 is 0 Å². The van der Waals surface area contributed by atoms with Crippen LogP contribution in [0.4, 0.5) is 4.79 Å². The highest BCUT2D eigenvalue weighted by molar-refractivity contribution is 9.09. The molecule has 1 atom stereocenters. The Morgan fingerprint density at radius 3 is 2.57 bits per heavy atom. The van der Waals surface area contributed by atoms with Crippen molar-refractivity contribution in [1.29, 1.82) is 0 Å². The van der Waals surface area contributed by atoms with Gasteiger partial charge in [0.25, 0.3) is 0 Å². The summed E-state index contributed by atoms with van der Waals surface area (Å²) in [4.78, 5) is 22.3. The Balaban J connectivity index is 4.09. The van der Waals surface area contributed by atoms with E-state index in [0.717, 1.165) is 12.8 Å². The number of carbonyl (C=O) groups excluding carboxylic acids is 2. The lowest BCUT2D eigenvalue weighted by molar-refractivity contribution is -0.118. The van der Waals surface area contributed by atoms with Gasteiger partial charge in [-0.1, -0.05) is 35.7 Å². The van der Waals surface area contributed by atoms with Crippen molar-refractivity contribution >= 4 is 27.8 Å². The summed E-state index contributed by atoms with van der Waals surface area (Å²) < 4.78 is 4.44. The summed E-state index contributed by atoms with van der Waals surface area (Å²) in [5, 5.41) is 2.77. The second kappa shape index (κ2) is 7.79. The van der Waals surface area contributed by atoms with Crippen molar-refractivity contribution in [2.75, 3.05) is 12.4 Å². The van der Waals surface area contributed by atoms with Gasteiger partial charge in [-0.25, -0.2) is 4.79 Å². The van der Waals surface area contributed by atoms with Crippen LogP contribution in [0.25, 0.3) is 0 Å². The number of Topliss-reactive ketones (excluding diaryl/α,β-unsaturated/α-hetero) is 1. The van der Waals surface area contributed by atoms with E-state index in [9.17, 15) is 9.59 Å². The second-order valence-corrected chi connectivity index (χ2v) is 3.49. The number of alkyl halides is 1. The molecule has 0 spiro atoms. The summed E-state index contributed by atoms with van der Waals surface area (Å²) in [5.74, 6) is -0.0242. The van der Waals surface area contributed by atoms with E-state index in [2.05, 4.69) is 26.0 Å². The van der Waals surface area contributed by atoms with E-state index in [1.165, 1.54) is 7.11 Å². The Morgan fingerprint density at radius 1 is 1.50 bits per heavy atom. The zero-order chi connectivity index (χ0) is 11.0. The molecule has 1 unspecified atom stereocenters. The van der Waals surface area contributed by atoms with Crippen molar-refractivity contribution in [2.24, 2.45) is 0 Å². The molecule has 0 aromatic carbocycles. The first-order valence-electron chi connectivity index (χ1n) is 4.58. The summed E-state index contributed by atoms with van der Waals surface area (Å²) in [7, 11) is 1.28. The highest BCUT2D eigenvalue weighted by atomic mass is 79.9. The highest BCUT2D eigenvalue weighted by Crippen LogP contribution is 2.03. The number of methoxy groups -OCH3 is 1. The van der Waals surface area contributed by atoms with Crippen LogP contribution in [0.5, 0.6) is 0 Å². The Kier molecular flexibility index (Phi) is 7.47. The summed E-state index contributed by atoms with van der Waals surface area (Å²) >= 11 is 3.08. The standard InChI is InChI=1S/C9H16BrNO3/c1-3-4-5-7(8(12)6-10)11-9(13)14-2/h7H,3-6H2,1-2H3,(H,11,13). The van der Waals surface area contributed by atoms with Crippen molar-refractivity contribution in [3.05, 3.63) is 0 Å². The van der Waals surface area contributed by atoms with Gasteiger partial charge in [0.15, 0.2) is 5.78 Å². The number of alkyl carbamates (subject to hydrolysis) is 1. The maximum atomic E-state index is 11.4. The van der Waals surface area contributed by atoms with Gasteiger partial charge in [-0.3, -0.25) is 4.79 Å². The molecule has 0 aliphatic heterocycles. The quantitative estimate of drug-likeness (QED) is 0.746. The van der Waals surface area contributed by atoms with Gasteiger partial charge in [-0.15, -0.1) is 0 Å². The van der Waals surface area contributed by atoms with E-state index in [1.807, 2.05) is 6.92 Å². The third kappa shape index (κ3) is 5.21. The van der Waals surface area contributed by atoms with Crippen LogP contribution >= 0.6 is 15.9 Å². The molecule has 0 radical (unpaired) electrons. The number of ketones is 1. The lowest BCUT2D eigenvalue weighted by atomic mass is 10.1. The number of unbranched alkanes of at least 4 members (excludes halogenated alkanes) is 1. The molecule has 0 aromatic heterocycles. The monoisotopic (exact) mass is 265 g/mol. The van der Waals surface area contributed by atoms with Gasteiger partial charge in [-0.05, 0) is 6.42 Å². The molecule has 0 bridgehead atoms. The molecule has 0 aromatic rings. The van der Waals surface area contributed by atoms with Crippen LogP contribution in [-0.2, 0) is 9.53 Å². The number of hydrogen-bond acceptors (Lipinski definition) is 3. The number of ether oxygens (including phenoxy) is 1. The first kappa shape index (κ1) is 13.4. The third-order valence-electron chi connectivity index (χ3n) is 1.84. The normalized spacial score (nSPS) is 11.9. The Bertz CT molecular complexity index is 196. The predicted molar refractivity (Wildman–Crippen MR) is 57.7 cm³/mol. The number of amides is 1. The number of nitrogens with one attached hydrogen (secondary N) is 1. The molecule has 0 aliphatic rings. The molecular weight excluding hydrogens is 250 g/mol. The van der Waals surface area contributed by atoms with Gasteiger partial charge in [0.1, 0.15) is 0 Å². The molecule has 0 saturated carbocycles. The van der Waals surface area contributed by atoms with Crippen molar-refractivity contribution in [1.82, 2.24) is 5.32 Å². The molecule has 14 heavy (non-hydrogen) atoms. The largest absolute Gasteiger partial charge is 0.453 e. The molecule has 0 aliphatic carbocycles. The van der Waals surface area contributed by atoms with Gasteiger partial charge in [0, 0.05) is 0 Å². The minimum absolute atomic E-state index is 0.0242. The summed E-state index contributed by atoms with van der Waals surface area (Å²) in [5.41, 5.74) is 0. The maximum Gasteiger partial charge on any atom is 0.407 e. The molecule has 1 amide bonds. The fourth-order valence-electron chi connectivity index (χ4n) is 1.02. The van der Waals surface area contributed by atoms with Crippen LogP contribution in [0.1, 0.15) is 26.2 Å². The SMILES string of the molecule is CCCCC(NC(=O)OC)C(=O)CBr. The highest BCUT2D eigenvalue weighted by Gasteiger charge is 2.18. The number of carbonyl (C=O) groups is 2. The van der Waals surface area contributed by atoms with E-state index in [0.29, 0.717) is 6.42 Å². The first-order valence-corrected chi connectivity index (χ1v) is 5.71. The van der Waals surface area contributed by atoms with Crippen molar-refractivity contribution in [3.8, 4) is 0 Å². The third-order valence-corrected chi connectivity index (χ3v) is 2.40. The van der Waals surface area contributed by atoms with Gasteiger partial charge < -0.3 is 10.1 Å². The minimum atomic E-state index is -0.555. The maximum absolute atomic E-state index is 11.4. The first-order chi connectivity index (χ1) is 6.65. The van der Waals surface area contributed by atoms with Crippen LogP contribution in [0.2, 0.25) is 0 Å². The van der Waals surface area contributed by atoms with Crippen molar-refractivity contribution in [2.45, 2.75) is 32.2 Å². The zero-order valence-electron chi connectivity index (χ0n) is 8.51. The van der Waals surface area contributed by atoms with Gasteiger partial charge in [-0.2, -0.15) is 0 Å². The van der Waals surface area contributed by atoms with Crippen LogP contribution in [0.3, 0.4) is 0 Å². The molecule has 0 heterocycles. The number of halogens is 1. The summed E-state index contributed by atoms with van der Waals surface area (Å²) in [6.45, 7) is 2.04. The zero-order valence-corrected chi connectivity index (χ0v) is 10.1. The van der Waals surface area contributed by atoms with Crippen LogP contribution in [0, 0.1) is 0 Å². The number of hydrogen-bond donors (Lipinski definition) is 1. The second-order valence-electron chi connectivity index (χ2n) is 2.93. The molecule has 0 saturated heterocycles. The average Bonchev–Trinajstić information content (AvgIpc) is 2.22. The molecular formula is C9H16BrNO3. The van der Waals surface area contributed by atoms with E-state index in [4.69, 9.17) is 0 Å². The number of rotatable bonds is 6. The van der Waals surface area contributed by atoms with Crippen LogP contribution in [-0.4, -0.2) is 30.4 Å². The van der Waals surface area contributed by atoms with Crippen molar-refractivity contribution in [3.63, 3.8) is 0 Å². The molecule has 5 heteroatoms. The Morgan fingerprint density at radius 2 is 2.14 bits per heavy atom. The molecule has 0 fully saturated rings. The summed E-state index contributed by atoms with van der Waals surface area (Å²) in [6.07, 6.45) is 2.01. The van der Waals surface area contributed by atoms with Crippen LogP contribution < -0.4 is 5.32 Å². The van der Waals surface area contributed by atoms with E-state index < -0.39 is 12.1 Å². The van der Waals surface area contributed by atoms with Crippen molar-refractivity contribution < 1.29 is 14.3 Å². The molecule has 0 rings (SSSR count). The predicted octanol–water partition coefficient (Wildman–Crippen LogP) is 1.87. The van der Waals surface area contributed by atoms with E-state index in [-0.39, 0.29) is 11.1 Å². The average molecular weight is 266 g/mol. The van der Waals surface area contributed by atoms with Gasteiger partial charge >= 0.3 is 6.09 Å². The smallest absolute Gasteiger partial charge is 0.407 e. The topological polar surface area (TPSA) is 55.4 Å². The Labute approximate surface area is 92.5 Å². The lowest BCUT2D eigenvalue weighted by Gasteiger charge is -2.14.